The van der Waals surface area contributed by atoms with Crippen molar-refractivity contribution in [1.82, 2.24) is 5.32 Å². The van der Waals surface area contributed by atoms with Crippen molar-refractivity contribution < 1.29 is 4.79 Å². The first kappa shape index (κ1) is 17.7. The Morgan fingerprint density at radius 1 is 1.10 bits per heavy atom. The molecule has 0 bridgehead atoms. The lowest BCUT2D eigenvalue weighted by molar-refractivity contribution is -0.122. The Morgan fingerprint density at radius 3 is 2.43 bits per heavy atom. The van der Waals surface area contributed by atoms with E-state index in [-0.39, 0.29) is 5.91 Å². The van der Waals surface area contributed by atoms with Gasteiger partial charge in [-0.3, -0.25) is 4.79 Å². The van der Waals surface area contributed by atoms with Crippen LogP contribution in [0.5, 0.6) is 0 Å². The van der Waals surface area contributed by atoms with E-state index in [1.807, 2.05) is 30.3 Å². The first-order valence-electron chi connectivity index (χ1n) is 8.17. The van der Waals surface area contributed by atoms with Gasteiger partial charge in [0.1, 0.15) is 0 Å². The molecule has 0 aromatic heterocycles. The monoisotopic (exact) mass is 290 g/mol. The zero-order valence-corrected chi connectivity index (χ0v) is 13.5. The molecular formula is C18H30N2O. The number of carbonyl (C=O) groups is 1. The van der Waals surface area contributed by atoms with Crippen molar-refractivity contribution in [3.05, 3.63) is 35.9 Å². The molecule has 0 saturated carbocycles. The second-order valence-corrected chi connectivity index (χ2v) is 6.18. The van der Waals surface area contributed by atoms with E-state index in [2.05, 4.69) is 19.2 Å². The van der Waals surface area contributed by atoms with E-state index in [0.29, 0.717) is 6.42 Å². The molecule has 1 rings (SSSR count). The lowest BCUT2D eigenvalue weighted by Gasteiger charge is -2.12. The van der Waals surface area contributed by atoms with Crippen molar-refractivity contribution in [2.24, 2.45) is 11.7 Å². The van der Waals surface area contributed by atoms with Crippen LogP contribution in [0.4, 0.5) is 0 Å². The van der Waals surface area contributed by atoms with Gasteiger partial charge < -0.3 is 11.1 Å². The average Bonchev–Trinajstić information content (AvgIpc) is 2.46. The smallest absolute Gasteiger partial charge is 0.237 e. The second kappa shape index (κ2) is 10.4. The fourth-order valence-corrected chi connectivity index (χ4v) is 2.33. The van der Waals surface area contributed by atoms with Crippen molar-refractivity contribution in [3.8, 4) is 0 Å². The van der Waals surface area contributed by atoms with Crippen LogP contribution in [0.25, 0.3) is 0 Å². The van der Waals surface area contributed by atoms with Crippen LogP contribution in [0, 0.1) is 5.92 Å². The molecule has 0 aliphatic rings. The molecule has 0 saturated heterocycles. The number of nitrogens with two attached hydrogens (primary N) is 1. The first-order valence-corrected chi connectivity index (χ1v) is 8.17. The molecule has 1 aromatic rings. The van der Waals surface area contributed by atoms with Gasteiger partial charge in [-0.1, -0.05) is 69.9 Å². The van der Waals surface area contributed by atoms with Crippen LogP contribution in [0.1, 0.15) is 51.5 Å². The zero-order valence-electron chi connectivity index (χ0n) is 13.5. The number of rotatable bonds is 10. The summed E-state index contributed by atoms with van der Waals surface area (Å²) in [4.78, 5) is 11.9. The molecule has 0 aliphatic carbocycles. The van der Waals surface area contributed by atoms with Crippen LogP contribution in [-0.4, -0.2) is 18.5 Å². The number of benzene rings is 1. The van der Waals surface area contributed by atoms with Gasteiger partial charge in [-0.05, 0) is 24.3 Å². The number of amides is 1. The van der Waals surface area contributed by atoms with Gasteiger partial charge in [-0.25, -0.2) is 0 Å². The molecule has 0 radical (unpaired) electrons. The van der Waals surface area contributed by atoms with Gasteiger partial charge in [0.05, 0.1) is 6.04 Å². The summed E-state index contributed by atoms with van der Waals surface area (Å²) in [5, 5.41) is 2.94. The number of nitrogens with one attached hydrogen (secondary N) is 1. The van der Waals surface area contributed by atoms with Crippen LogP contribution < -0.4 is 11.1 Å². The molecule has 1 aromatic carbocycles. The van der Waals surface area contributed by atoms with Gasteiger partial charge in [0.2, 0.25) is 5.91 Å². The quantitative estimate of drug-likeness (QED) is 0.650. The lowest BCUT2D eigenvalue weighted by atomic mass is 10.0. The third-order valence-electron chi connectivity index (χ3n) is 3.64. The van der Waals surface area contributed by atoms with Crippen molar-refractivity contribution in [3.63, 3.8) is 0 Å². The van der Waals surface area contributed by atoms with E-state index in [9.17, 15) is 4.79 Å². The van der Waals surface area contributed by atoms with Crippen LogP contribution in [0.2, 0.25) is 0 Å². The molecule has 1 unspecified atom stereocenters. The van der Waals surface area contributed by atoms with E-state index in [4.69, 9.17) is 5.73 Å². The summed E-state index contributed by atoms with van der Waals surface area (Å²) in [7, 11) is 0. The van der Waals surface area contributed by atoms with Crippen molar-refractivity contribution >= 4 is 5.91 Å². The van der Waals surface area contributed by atoms with Crippen molar-refractivity contribution in [2.75, 3.05) is 6.54 Å². The van der Waals surface area contributed by atoms with Gasteiger partial charge in [-0.15, -0.1) is 0 Å². The van der Waals surface area contributed by atoms with Crippen LogP contribution in [0.15, 0.2) is 30.3 Å². The molecule has 118 valence electrons. The number of unbranched alkanes of at least 4 members (excludes halogenated alkanes) is 3. The maximum Gasteiger partial charge on any atom is 0.237 e. The van der Waals surface area contributed by atoms with Gasteiger partial charge in [0.15, 0.2) is 0 Å². The summed E-state index contributed by atoms with van der Waals surface area (Å²) in [6.07, 6.45) is 6.67. The van der Waals surface area contributed by atoms with Crippen LogP contribution in [-0.2, 0) is 11.2 Å². The third-order valence-corrected chi connectivity index (χ3v) is 3.64. The molecular weight excluding hydrogens is 260 g/mol. The van der Waals surface area contributed by atoms with E-state index >= 15 is 0 Å². The molecule has 0 heterocycles. The number of carbonyl (C=O) groups excluding carboxylic acids is 1. The standard InChI is InChI=1S/C18H30N2O/c1-15(2)10-6-3-4-9-13-20-18(21)17(19)14-16-11-7-5-8-12-16/h5,7-8,11-12,15,17H,3-4,6,9-10,13-14,19H2,1-2H3,(H,20,21). The molecule has 21 heavy (non-hydrogen) atoms. The highest BCUT2D eigenvalue weighted by molar-refractivity contribution is 5.81. The van der Waals surface area contributed by atoms with Crippen molar-refractivity contribution in [2.45, 2.75) is 58.4 Å². The first-order chi connectivity index (χ1) is 10.1. The Labute approximate surface area is 129 Å². The highest BCUT2D eigenvalue weighted by Gasteiger charge is 2.12. The summed E-state index contributed by atoms with van der Waals surface area (Å²) < 4.78 is 0. The average molecular weight is 290 g/mol. The van der Waals surface area contributed by atoms with Gasteiger partial charge in [-0.2, -0.15) is 0 Å². The Hall–Kier alpha value is -1.35. The molecule has 0 fully saturated rings. The van der Waals surface area contributed by atoms with Gasteiger partial charge in [0.25, 0.3) is 0 Å². The normalized spacial score (nSPS) is 12.4. The number of hydrogen-bond acceptors (Lipinski definition) is 2. The highest BCUT2D eigenvalue weighted by Crippen LogP contribution is 2.09. The van der Waals surface area contributed by atoms with E-state index in [1.54, 1.807) is 0 Å². The topological polar surface area (TPSA) is 55.1 Å². The van der Waals surface area contributed by atoms with E-state index < -0.39 is 6.04 Å². The Balaban J connectivity index is 2.08. The Bertz CT molecular complexity index is 389. The SMILES string of the molecule is CC(C)CCCCCCNC(=O)C(N)Cc1ccccc1. The van der Waals surface area contributed by atoms with E-state index in [0.717, 1.165) is 24.4 Å². The second-order valence-electron chi connectivity index (χ2n) is 6.18. The summed E-state index contributed by atoms with van der Waals surface area (Å²) >= 11 is 0. The minimum Gasteiger partial charge on any atom is -0.355 e. The molecule has 1 amide bonds. The minimum absolute atomic E-state index is 0.0407. The third kappa shape index (κ3) is 8.51. The summed E-state index contributed by atoms with van der Waals surface area (Å²) in [5.74, 6) is 0.752. The lowest BCUT2D eigenvalue weighted by Crippen LogP contribution is -2.42. The highest BCUT2D eigenvalue weighted by atomic mass is 16.2. The Morgan fingerprint density at radius 2 is 1.76 bits per heavy atom. The molecule has 0 spiro atoms. The van der Waals surface area contributed by atoms with Crippen molar-refractivity contribution in [1.29, 1.82) is 0 Å². The summed E-state index contributed by atoms with van der Waals surface area (Å²) in [6.45, 7) is 5.26. The van der Waals surface area contributed by atoms with Gasteiger partial charge >= 0.3 is 0 Å². The molecule has 3 heteroatoms. The zero-order chi connectivity index (χ0) is 15.5. The molecule has 1 atom stereocenters. The molecule has 0 aliphatic heterocycles. The maximum atomic E-state index is 11.9. The summed E-state index contributed by atoms with van der Waals surface area (Å²) in [6, 6.07) is 9.46. The van der Waals surface area contributed by atoms with Crippen LogP contribution >= 0.6 is 0 Å². The molecule has 3 N–H and O–H groups in total. The number of hydrogen-bond donors (Lipinski definition) is 2. The predicted molar refractivity (Wildman–Crippen MR) is 89.1 cm³/mol. The van der Waals surface area contributed by atoms with Crippen LogP contribution in [0.3, 0.4) is 0 Å². The largest absolute Gasteiger partial charge is 0.355 e. The summed E-state index contributed by atoms with van der Waals surface area (Å²) in [5.41, 5.74) is 7.04. The predicted octanol–water partition coefficient (Wildman–Crippen LogP) is 3.28. The Kier molecular flexibility index (Phi) is 8.76. The minimum atomic E-state index is -0.451. The van der Waals surface area contributed by atoms with Gasteiger partial charge in [0, 0.05) is 6.54 Å². The van der Waals surface area contributed by atoms with E-state index in [1.165, 1.54) is 25.7 Å². The fraction of sp³-hybridized carbons (Fsp3) is 0.611. The fourth-order valence-electron chi connectivity index (χ4n) is 2.33. The maximum absolute atomic E-state index is 11.9. The molecule has 3 nitrogen and oxygen atoms in total.